The molecule has 0 fully saturated rings. The van der Waals surface area contributed by atoms with Crippen molar-refractivity contribution in [1.82, 2.24) is 4.57 Å². The topological polar surface area (TPSA) is 95.1 Å². The van der Waals surface area contributed by atoms with Crippen LogP contribution >= 0.6 is 0 Å². The Bertz CT molecular complexity index is 1380. The maximum atomic E-state index is 13.6. The molecule has 6 nitrogen and oxygen atoms in total. The summed E-state index contributed by atoms with van der Waals surface area (Å²) in [5, 5.41) is 22.2. The summed E-state index contributed by atoms with van der Waals surface area (Å²) in [6.45, 7) is 1.76. The number of nitriles is 1. The zero-order chi connectivity index (χ0) is 26.0. The Morgan fingerprint density at radius 2 is 1.86 bits per heavy atom. The van der Waals surface area contributed by atoms with Crippen LogP contribution in [0.25, 0.3) is 0 Å². The summed E-state index contributed by atoms with van der Waals surface area (Å²) in [4.78, 5) is 25.2. The fourth-order valence-electron chi connectivity index (χ4n) is 4.90. The fourth-order valence-corrected chi connectivity index (χ4v) is 4.90. The summed E-state index contributed by atoms with van der Waals surface area (Å²) < 4.78 is 41.5. The van der Waals surface area contributed by atoms with Crippen LogP contribution in [0.1, 0.15) is 74.1 Å². The highest BCUT2D eigenvalue weighted by molar-refractivity contribution is 6.06. The van der Waals surface area contributed by atoms with Gasteiger partial charge < -0.3 is 15.0 Å². The van der Waals surface area contributed by atoms with Gasteiger partial charge >= 0.3 is 12.1 Å². The fraction of sp³-hybridized carbons (Fsp3) is 0.296. The normalized spacial score (nSPS) is 13.1. The molecular weight excluding hydrogens is 471 g/mol. The Morgan fingerprint density at radius 1 is 1.14 bits per heavy atom. The lowest BCUT2D eigenvalue weighted by Crippen LogP contribution is -2.21. The molecular formula is C27H24F3N3O3. The number of anilines is 1. The first-order valence-corrected chi connectivity index (χ1v) is 11.6. The summed E-state index contributed by atoms with van der Waals surface area (Å²) in [5.74, 6) is -1.73. The number of halogens is 3. The molecule has 3 aromatic rings. The number of nitrogens with one attached hydrogen (secondary N) is 1. The molecule has 2 N–H and O–H groups in total. The standard InChI is InChI=1S/C27H24F3N3O3/c1-2-18-20(26(35)36)10-6-11-22(18)32-25(34)24-21(14-31)19-9-3-4-12-23(19)33(24)15-16-7-5-8-17(13-16)27(28,29)30/h5-8,10-11,13H,2-4,9,12,15H2,1H3,(H,32,34)(H,35,36). The Balaban J connectivity index is 1.81. The van der Waals surface area contributed by atoms with Crippen LogP contribution in [0.5, 0.6) is 0 Å². The Labute approximate surface area is 206 Å². The molecule has 0 bridgehead atoms. The highest BCUT2D eigenvalue weighted by atomic mass is 19.4. The molecule has 0 atom stereocenters. The number of amides is 1. The van der Waals surface area contributed by atoms with E-state index in [2.05, 4.69) is 11.4 Å². The SMILES string of the molecule is CCc1c(NC(=O)c2c(C#N)c3c(n2Cc2cccc(C(F)(F)F)c2)CCCC3)cccc1C(=O)O. The molecule has 1 aromatic heterocycles. The predicted octanol–water partition coefficient (Wildman–Crippen LogP) is 5.82. The average molecular weight is 496 g/mol. The number of carbonyl (C=O) groups is 2. The highest BCUT2D eigenvalue weighted by Gasteiger charge is 2.32. The summed E-state index contributed by atoms with van der Waals surface area (Å²) >= 11 is 0. The lowest BCUT2D eigenvalue weighted by molar-refractivity contribution is -0.137. The van der Waals surface area contributed by atoms with Crippen LogP contribution in [0, 0.1) is 11.3 Å². The number of hydrogen-bond donors (Lipinski definition) is 2. The van der Waals surface area contributed by atoms with Crippen LogP contribution < -0.4 is 5.32 Å². The summed E-state index contributed by atoms with van der Waals surface area (Å²) in [5.41, 5.74) is 2.19. The Morgan fingerprint density at radius 3 is 2.53 bits per heavy atom. The summed E-state index contributed by atoms with van der Waals surface area (Å²) in [6.07, 6.45) is -1.27. The van der Waals surface area contributed by atoms with E-state index in [0.29, 0.717) is 36.1 Å². The smallest absolute Gasteiger partial charge is 0.416 e. The van der Waals surface area contributed by atoms with Crippen LogP contribution in [0.2, 0.25) is 0 Å². The third-order valence-corrected chi connectivity index (χ3v) is 6.50. The van der Waals surface area contributed by atoms with E-state index in [4.69, 9.17) is 0 Å². The molecule has 1 heterocycles. The molecule has 0 saturated carbocycles. The van der Waals surface area contributed by atoms with Gasteiger partial charge in [0, 0.05) is 17.9 Å². The van der Waals surface area contributed by atoms with Crippen molar-refractivity contribution >= 4 is 17.6 Å². The van der Waals surface area contributed by atoms with E-state index in [0.717, 1.165) is 36.2 Å². The van der Waals surface area contributed by atoms with Crippen molar-refractivity contribution in [3.63, 3.8) is 0 Å². The number of aromatic carboxylic acids is 1. The van der Waals surface area contributed by atoms with Gasteiger partial charge in [0.2, 0.25) is 0 Å². The van der Waals surface area contributed by atoms with Crippen LogP contribution in [0.15, 0.2) is 42.5 Å². The number of benzene rings is 2. The van der Waals surface area contributed by atoms with E-state index in [9.17, 15) is 33.1 Å². The van der Waals surface area contributed by atoms with E-state index >= 15 is 0 Å². The molecule has 9 heteroatoms. The molecule has 1 aliphatic rings. The molecule has 36 heavy (non-hydrogen) atoms. The van der Waals surface area contributed by atoms with Gasteiger partial charge in [0.05, 0.1) is 16.7 Å². The van der Waals surface area contributed by atoms with E-state index in [1.807, 2.05) is 0 Å². The van der Waals surface area contributed by atoms with Crippen molar-refractivity contribution in [2.75, 3.05) is 5.32 Å². The van der Waals surface area contributed by atoms with E-state index < -0.39 is 23.6 Å². The largest absolute Gasteiger partial charge is 0.478 e. The number of carboxylic acids is 1. The lowest BCUT2D eigenvalue weighted by atomic mass is 9.94. The first kappa shape index (κ1) is 25.0. The maximum absolute atomic E-state index is 13.6. The second-order valence-electron chi connectivity index (χ2n) is 8.70. The molecule has 1 aliphatic carbocycles. The monoisotopic (exact) mass is 495 g/mol. The molecule has 0 spiro atoms. The number of fused-ring (bicyclic) bond motifs is 1. The van der Waals surface area contributed by atoms with Crippen molar-refractivity contribution in [2.45, 2.75) is 51.7 Å². The zero-order valence-electron chi connectivity index (χ0n) is 19.6. The number of hydrogen-bond acceptors (Lipinski definition) is 3. The Kier molecular flexibility index (Phi) is 6.88. The van der Waals surface area contributed by atoms with Crippen LogP contribution in [-0.2, 0) is 32.0 Å². The molecule has 0 aliphatic heterocycles. The van der Waals surface area contributed by atoms with Gasteiger partial charge in [0.15, 0.2) is 0 Å². The first-order valence-electron chi connectivity index (χ1n) is 11.6. The Hall–Kier alpha value is -4.06. The quantitative estimate of drug-likeness (QED) is 0.451. The third kappa shape index (κ3) is 4.71. The van der Waals surface area contributed by atoms with Crippen LogP contribution in [-0.4, -0.2) is 21.6 Å². The predicted molar refractivity (Wildman–Crippen MR) is 127 cm³/mol. The molecule has 186 valence electrons. The van der Waals surface area contributed by atoms with Crippen LogP contribution in [0.4, 0.5) is 18.9 Å². The maximum Gasteiger partial charge on any atom is 0.416 e. The van der Waals surface area contributed by atoms with Crippen molar-refractivity contribution in [1.29, 1.82) is 5.26 Å². The van der Waals surface area contributed by atoms with E-state index in [1.165, 1.54) is 18.2 Å². The lowest BCUT2D eigenvalue weighted by Gasteiger charge is -2.18. The molecule has 0 saturated heterocycles. The van der Waals surface area contributed by atoms with Gasteiger partial charge in [-0.1, -0.05) is 25.1 Å². The minimum absolute atomic E-state index is 0.00745. The van der Waals surface area contributed by atoms with E-state index in [1.54, 1.807) is 23.6 Å². The molecule has 1 amide bonds. The minimum atomic E-state index is -4.50. The third-order valence-electron chi connectivity index (χ3n) is 6.50. The summed E-state index contributed by atoms with van der Waals surface area (Å²) in [6, 6.07) is 11.6. The minimum Gasteiger partial charge on any atom is -0.478 e. The first-order chi connectivity index (χ1) is 17.2. The second-order valence-corrected chi connectivity index (χ2v) is 8.70. The number of aromatic nitrogens is 1. The molecule has 4 rings (SSSR count). The van der Waals surface area contributed by atoms with Gasteiger partial charge in [-0.25, -0.2) is 4.79 Å². The zero-order valence-corrected chi connectivity index (χ0v) is 19.6. The van der Waals surface area contributed by atoms with Gasteiger partial charge in [-0.05, 0) is 73.1 Å². The molecule has 0 unspecified atom stereocenters. The van der Waals surface area contributed by atoms with Crippen molar-refractivity contribution in [3.05, 3.63) is 87.2 Å². The highest BCUT2D eigenvalue weighted by Crippen LogP contribution is 2.33. The summed E-state index contributed by atoms with van der Waals surface area (Å²) in [7, 11) is 0. The van der Waals surface area contributed by atoms with Gasteiger partial charge in [-0.15, -0.1) is 0 Å². The number of rotatable bonds is 6. The van der Waals surface area contributed by atoms with Gasteiger partial charge in [-0.2, -0.15) is 18.4 Å². The second kappa shape index (κ2) is 9.90. The number of nitrogens with zero attached hydrogens (tertiary/aromatic N) is 2. The van der Waals surface area contributed by atoms with E-state index in [-0.39, 0.29) is 23.4 Å². The van der Waals surface area contributed by atoms with Crippen molar-refractivity contribution in [2.24, 2.45) is 0 Å². The number of carboxylic acid groups (broad SMARTS) is 1. The molecule has 2 aromatic carbocycles. The van der Waals surface area contributed by atoms with Crippen molar-refractivity contribution in [3.8, 4) is 6.07 Å². The molecule has 0 radical (unpaired) electrons. The number of alkyl halides is 3. The average Bonchev–Trinajstić information content (AvgIpc) is 3.16. The number of carbonyl (C=O) groups excluding carboxylic acids is 1. The van der Waals surface area contributed by atoms with Crippen molar-refractivity contribution < 1.29 is 27.9 Å². The van der Waals surface area contributed by atoms with Gasteiger partial charge in [0.1, 0.15) is 11.8 Å². The van der Waals surface area contributed by atoms with Crippen LogP contribution in [0.3, 0.4) is 0 Å². The van der Waals surface area contributed by atoms with Gasteiger partial charge in [0.25, 0.3) is 5.91 Å². The van der Waals surface area contributed by atoms with Gasteiger partial charge in [-0.3, -0.25) is 4.79 Å².